The average Bonchev–Trinajstić information content (AvgIpc) is 2.47. The summed E-state index contributed by atoms with van der Waals surface area (Å²) in [6, 6.07) is 0.659. The van der Waals surface area contributed by atoms with Crippen LogP contribution >= 0.6 is 0 Å². The summed E-state index contributed by atoms with van der Waals surface area (Å²) >= 11 is 0. The van der Waals surface area contributed by atoms with Gasteiger partial charge in [0.1, 0.15) is 0 Å². The third-order valence-corrected chi connectivity index (χ3v) is 2.99. The van der Waals surface area contributed by atoms with Crippen molar-refractivity contribution in [3.8, 4) is 0 Å². The van der Waals surface area contributed by atoms with Gasteiger partial charge in [0.15, 0.2) is 0 Å². The molecule has 0 saturated carbocycles. The molecular formula is C10H17N3. The van der Waals surface area contributed by atoms with Crippen LogP contribution < -0.4 is 0 Å². The molecule has 0 aromatic carbocycles. The molecule has 2 rings (SSSR count). The molecule has 3 heteroatoms. The third kappa shape index (κ3) is 1.48. The van der Waals surface area contributed by atoms with E-state index in [1.54, 1.807) is 0 Å². The topological polar surface area (TPSA) is 21.1 Å². The van der Waals surface area contributed by atoms with Crippen LogP contribution in [0.2, 0.25) is 0 Å². The fourth-order valence-electron chi connectivity index (χ4n) is 2.00. The first-order valence-corrected chi connectivity index (χ1v) is 4.86. The zero-order valence-corrected chi connectivity index (χ0v) is 8.62. The van der Waals surface area contributed by atoms with Gasteiger partial charge in [0.2, 0.25) is 0 Å². The Morgan fingerprint density at radius 1 is 1.54 bits per heavy atom. The van der Waals surface area contributed by atoms with Crippen LogP contribution in [0.3, 0.4) is 0 Å². The van der Waals surface area contributed by atoms with Gasteiger partial charge < -0.3 is 4.90 Å². The molecule has 0 unspecified atom stereocenters. The van der Waals surface area contributed by atoms with Crippen LogP contribution in [0.4, 0.5) is 0 Å². The Hall–Kier alpha value is -0.830. The van der Waals surface area contributed by atoms with E-state index in [-0.39, 0.29) is 0 Å². The van der Waals surface area contributed by atoms with Gasteiger partial charge in [-0.1, -0.05) is 0 Å². The molecule has 0 aliphatic carbocycles. The lowest BCUT2D eigenvalue weighted by molar-refractivity contribution is 0.223. The first-order chi connectivity index (χ1) is 6.18. The lowest BCUT2D eigenvalue weighted by atomic mass is 10.0. The van der Waals surface area contributed by atoms with Gasteiger partial charge in [-0.3, -0.25) is 4.68 Å². The summed E-state index contributed by atoms with van der Waals surface area (Å²) in [7, 11) is 4.29. The first kappa shape index (κ1) is 8.75. The molecule has 0 N–H and O–H groups in total. The maximum Gasteiger partial charge on any atom is 0.0568 e. The van der Waals surface area contributed by atoms with Crippen molar-refractivity contribution < 1.29 is 0 Å². The summed E-state index contributed by atoms with van der Waals surface area (Å²) in [5.74, 6) is 0. The molecule has 0 fully saturated rings. The number of hydrogen-bond acceptors (Lipinski definition) is 2. The number of hydrogen-bond donors (Lipinski definition) is 0. The predicted octanol–water partition coefficient (Wildman–Crippen LogP) is 1.07. The van der Waals surface area contributed by atoms with E-state index >= 15 is 0 Å². The molecule has 1 aliphatic heterocycles. The van der Waals surface area contributed by atoms with Crippen LogP contribution in [0.25, 0.3) is 0 Å². The highest BCUT2D eigenvalue weighted by molar-refractivity contribution is 5.17. The van der Waals surface area contributed by atoms with Gasteiger partial charge in [-0.25, -0.2) is 0 Å². The van der Waals surface area contributed by atoms with Crippen LogP contribution in [-0.2, 0) is 13.0 Å². The molecule has 0 bridgehead atoms. The number of aryl methyl sites for hydroxylation is 1. The number of fused-ring (bicyclic) bond motifs is 1. The van der Waals surface area contributed by atoms with E-state index in [1.165, 1.54) is 24.1 Å². The highest BCUT2D eigenvalue weighted by Gasteiger charge is 2.21. The second-order valence-corrected chi connectivity index (χ2v) is 4.11. The highest BCUT2D eigenvalue weighted by Crippen LogP contribution is 2.19. The summed E-state index contributed by atoms with van der Waals surface area (Å²) in [4.78, 5) is 2.29. The van der Waals surface area contributed by atoms with Gasteiger partial charge in [-0.05, 0) is 39.4 Å². The second-order valence-electron chi connectivity index (χ2n) is 4.11. The molecule has 1 aliphatic rings. The highest BCUT2D eigenvalue weighted by atomic mass is 15.3. The second kappa shape index (κ2) is 3.14. The minimum Gasteiger partial charge on any atom is -0.305 e. The van der Waals surface area contributed by atoms with E-state index < -0.39 is 0 Å². The smallest absolute Gasteiger partial charge is 0.0568 e. The number of likely N-dealkylation sites (N-methyl/N-ethyl adjacent to an activating group) is 1. The zero-order chi connectivity index (χ0) is 9.42. The van der Waals surface area contributed by atoms with E-state index in [4.69, 9.17) is 0 Å². The van der Waals surface area contributed by atoms with Crippen molar-refractivity contribution in [2.45, 2.75) is 32.4 Å². The van der Waals surface area contributed by atoms with E-state index in [2.05, 4.69) is 35.7 Å². The molecule has 72 valence electrons. The Bertz CT molecular complexity index is 301. The largest absolute Gasteiger partial charge is 0.305 e. The van der Waals surface area contributed by atoms with Crippen molar-refractivity contribution in [2.24, 2.45) is 0 Å². The summed E-state index contributed by atoms with van der Waals surface area (Å²) in [6.07, 6.45) is 4.42. The summed E-state index contributed by atoms with van der Waals surface area (Å²) in [5, 5.41) is 4.38. The molecule has 1 aromatic heterocycles. The van der Waals surface area contributed by atoms with Crippen LogP contribution in [0.5, 0.6) is 0 Å². The van der Waals surface area contributed by atoms with E-state index in [1.807, 2.05) is 6.20 Å². The summed E-state index contributed by atoms with van der Waals surface area (Å²) in [6.45, 7) is 3.20. The quantitative estimate of drug-likeness (QED) is 0.643. The Morgan fingerprint density at radius 3 is 3.00 bits per heavy atom. The molecule has 1 atom stereocenters. The maximum atomic E-state index is 4.38. The Kier molecular flexibility index (Phi) is 2.12. The third-order valence-electron chi connectivity index (χ3n) is 2.99. The molecular weight excluding hydrogens is 162 g/mol. The molecule has 13 heavy (non-hydrogen) atoms. The number of aromatic nitrogens is 2. The van der Waals surface area contributed by atoms with Crippen molar-refractivity contribution in [1.29, 1.82) is 0 Å². The van der Waals surface area contributed by atoms with Gasteiger partial charge in [0.25, 0.3) is 0 Å². The van der Waals surface area contributed by atoms with Crippen LogP contribution in [-0.4, -0.2) is 34.8 Å². The Morgan fingerprint density at radius 2 is 2.31 bits per heavy atom. The van der Waals surface area contributed by atoms with E-state index in [9.17, 15) is 0 Å². The number of rotatable bonds is 1. The average molecular weight is 179 g/mol. The molecule has 1 aromatic rings. The van der Waals surface area contributed by atoms with Crippen LogP contribution in [0.1, 0.15) is 17.7 Å². The van der Waals surface area contributed by atoms with Crippen LogP contribution in [0, 0.1) is 6.92 Å². The van der Waals surface area contributed by atoms with Crippen molar-refractivity contribution >= 4 is 0 Å². The standard InChI is InChI=1S/C10H17N3/c1-8-6-11-13-7-9(12(2)3)4-5-10(8)13/h6,9H,4-5,7H2,1-3H3/t9-/m0/s1. The normalized spacial score (nSPS) is 22.0. The zero-order valence-electron chi connectivity index (χ0n) is 8.62. The molecule has 2 heterocycles. The van der Waals surface area contributed by atoms with Gasteiger partial charge in [0, 0.05) is 11.7 Å². The monoisotopic (exact) mass is 179 g/mol. The Labute approximate surface area is 79.3 Å². The van der Waals surface area contributed by atoms with Crippen molar-refractivity contribution in [3.05, 3.63) is 17.5 Å². The van der Waals surface area contributed by atoms with Crippen LogP contribution in [0.15, 0.2) is 6.20 Å². The fourth-order valence-corrected chi connectivity index (χ4v) is 2.00. The summed E-state index contributed by atoms with van der Waals surface area (Å²) in [5.41, 5.74) is 2.77. The van der Waals surface area contributed by atoms with Gasteiger partial charge >= 0.3 is 0 Å². The van der Waals surface area contributed by atoms with Crippen molar-refractivity contribution in [1.82, 2.24) is 14.7 Å². The molecule has 3 nitrogen and oxygen atoms in total. The van der Waals surface area contributed by atoms with Gasteiger partial charge in [-0.2, -0.15) is 5.10 Å². The van der Waals surface area contributed by atoms with E-state index in [0.717, 1.165) is 6.54 Å². The maximum absolute atomic E-state index is 4.38. The minimum absolute atomic E-state index is 0.659. The fraction of sp³-hybridized carbons (Fsp3) is 0.700. The molecule has 0 amide bonds. The minimum atomic E-state index is 0.659. The SMILES string of the molecule is Cc1cnn2c1CC[C@H](N(C)C)C2. The summed E-state index contributed by atoms with van der Waals surface area (Å²) < 4.78 is 2.16. The molecule has 0 radical (unpaired) electrons. The van der Waals surface area contributed by atoms with Crippen molar-refractivity contribution in [2.75, 3.05) is 14.1 Å². The first-order valence-electron chi connectivity index (χ1n) is 4.86. The lowest BCUT2D eigenvalue weighted by Crippen LogP contribution is -2.36. The molecule has 0 spiro atoms. The van der Waals surface area contributed by atoms with Gasteiger partial charge in [0.05, 0.1) is 12.7 Å². The molecule has 0 saturated heterocycles. The Balaban J connectivity index is 2.21. The predicted molar refractivity (Wildman–Crippen MR) is 52.8 cm³/mol. The van der Waals surface area contributed by atoms with Gasteiger partial charge in [-0.15, -0.1) is 0 Å². The van der Waals surface area contributed by atoms with E-state index in [0.29, 0.717) is 6.04 Å². The lowest BCUT2D eigenvalue weighted by Gasteiger charge is -2.29. The van der Waals surface area contributed by atoms with Crippen molar-refractivity contribution in [3.63, 3.8) is 0 Å². The number of nitrogens with zero attached hydrogens (tertiary/aromatic N) is 3.